The van der Waals surface area contributed by atoms with Crippen LogP contribution in [0, 0.1) is 30.7 Å². The maximum absolute atomic E-state index is 12.2. The quantitative estimate of drug-likeness (QED) is 0.0487. The summed E-state index contributed by atoms with van der Waals surface area (Å²) in [5.41, 5.74) is 6.74. The number of furan rings is 1. The molecule has 0 unspecified atom stereocenters. The molecule has 0 aliphatic carbocycles. The summed E-state index contributed by atoms with van der Waals surface area (Å²) in [6.45, 7) is 21.0. The van der Waals surface area contributed by atoms with Crippen LogP contribution in [0.2, 0.25) is 17.3 Å². The summed E-state index contributed by atoms with van der Waals surface area (Å²) in [5, 5.41) is 15.9. The van der Waals surface area contributed by atoms with Crippen molar-refractivity contribution >= 4 is 67.1 Å². The van der Waals surface area contributed by atoms with E-state index in [4.69, 9.17) is 14.4 Å². The number of aromatic nitrogens is 2. The number of rotatable bonds is 10. The fourth-order valence-electron chi connectivity index (χ4n) is 7.62. The number of aliphatic hydroxyl groups excluding tert-OH is 1. The third kappa shape index (κ3) is 8.13. The normalized spacial score (nSPS) is 12.7. The van der Waals surface area contributed by atoms with Crippen LogP contribution in [0.15, 0.2) is 70.8 Å². The number of allylic oxidation sites excluding steroid dienone is 2. The van der Waals surface area contributed by atoms with Crippen LogP contribution in [0.25, 0.3) is 54.9 Å². The minimum absolute atomic E-state index is 0. The predicted octanol–water partition coefficient (Wildman–Crippen LogP) is 13.1. The maximum Gasteiger partial charge on any atom is 0 e. The van der Waals surface area contributed by atoms with Crippen molar-refractivity contribution in [3.05, 3.63) is 89.5 Å². The Morgan fingerprint density at radius 1 is 0.889 bits per heavy atom. The Bertz CT molecular complexity index is 2340. The SMILES string of the molecule is CCC(C)(CC)C(=O)/C=C(\O)C(C)(CC)CC.Cc1cc2ccc3c(-c4[c-]ccc5c4oc4ccccc45)nc(C(C)C)nc3c2c(C)[c]1[Ge]([CH3])([CH3])[CH3].[Ir]. The Labute approximate surface area is 339 Å². The molecule has 0 aliphatic heterocycles. The standard InChI is InChI=1S/C32H31GeN2O.C15H28O2.Ir/c1-18(2)32-34-29(25-13-10-12-23-22-11-8-9-14-26(22)36-31(23)25)24-16-15-21-17-19(3)28(33(5,6)7)20(4)27(21)30(24)35-32;1-7-14(5,8-2)12(16)11-13(17)15(6,9-3)10-4;/h8-12,14-18H,1-7H3;11,16H,7-10H2,1-6H3;/q-1;;/b;12-11-;. The summed E-state index contributed by atoms with van der Waals surface area (Å²) >= 11 is -2.12. The molecule has 6 rings (SSSR count). The Kier molecular flexibility index (Phi) is 13.5. The topological polar surface area (TPSA) is 76.2 Å². The Hall–Kier alpha value is -3.32. The molecule has 5 nitrogen and oxygen atoms in total. The van der Waals surface area contributed by atoms with Crippen LogP contribution in [-0.2, 0) is 24.9 Å². The fourth-order valence-corrected chi connectivity index (χ4v) is 12.9. The van der Waals surface area contributed by atoms with Gasteiger partial charge in [-0.15, -0.1) is 0 Å². The van der Waals surface area contributed by atoms with Crippen molar-refractivity contribution in [1.29, 1.82) is 0 Å². The summed E-state index contributed by atoms with van der Waals surface area (Å²) in [5.74, 6) is 8.76. The van der Waals surface area contributed by atoms with Crippen molar-refractivity contribution < 1.29 is 34.4 Å². The largest absolute Gasteiger partial charge is 0 e. The number of hydrogen-bond donors (Lipinski definition) is 1. The van der Waals surface area contributed by atoms with Gasteiger partial charge in [0.1, 0.15) is 5.76 Å². The molecule has 7 heteroatoms. The van der Waals surface area contributed by atoms with E-state index in [9.17, 15) is 9.90 Å². The van der Waals surface area contributed by atoms with Gasteiger partial charge >= 0.3 is 215 Å². The molecule has 0 spiro atoms. The first-order valence-corrected chi connectivity index (χ1v) is 26.8. The predicted molar refractivity (Wildman–Crippen MR) is 228 cm³/mol. The van der Waals surface area contributed by atoms with Crippen molar-refractivity contribution in [3.63, 3.8) is 0 Å². The van der Waals surface area contributed by atoms with E-state index in [0.717, 1.165) is 75.6 Å². The summed E-state index contributed by atoms with van der Waals surface area (Å²) in [7, 11) is 0. The van der Waals surface area contributed by atoms with Crippen molar-refractivity contribution in [2.75, 3.05) is 0 Å². The van der Waals surface area contributed by atoms with E-state index < -0.39 is 13.3 Å². The zero-order valence-corrected chi connectivity index (χ0v) is 39.2. The van der Waals surface area contributed by atoms with Gasteiger partial charge in [-0.05, 0) is 25.7 Å². The molecule has 4 aromatic carbocycles. The molecule has 0 atom stereocenters. The van der Waals surface area contributed by atoms with Crippen molar-refractivity contribution in [2.24, 2.45) is 10.8 Å². The fraction of sp³-hybridized carbons (Fsp3) is 0.426. The van der Waals surface area contributed by atoms with Gasteiger partial charge in [-0.1, -0.05) is 41.5 Å². The number of nitrogens with zero attached hydrogens (tertiary/aromatic N) is 2. The first-order valence-electron chi connectivity index (χ1n) is 19.5. The molecule has 289 valence electrons. The molecule has 0 saturated carbocycles. The average Bonchev–Trinajstić information content (AvgIpc) is 3.52. The molecule has 0 fully saturated rings. The third-order valence-corrected chi connectivity index (χ3v) is 16.6. The number of carbonyl (C=O) groups excluding carboxylic acids is 1. The number of carbonyl (C=O) groups is 1. The molecule has 1 radical (unpaired) electrons. The van der Waals surface area contributed by atoms with E-state index in [0.29, 0.717) is 0 Å². The monoisotopic (exact) mass is 966 g/mol. The number of fused-ring (bicyclic) bond motifs is 6. The number of ketones is 1. The zero-order chi connectivity index (χ0) is 39.0. The average molecular weight is 965 g/mol. The van der Waals surface area contributed by atoms with E-state index >= 15 is 0 Å². The first-order chi connectivity index (χ1) is 24.9. The van der Waals surface area contributed by atoms with E-state index in [2.05, 4.69) is 87.4 Å². The van der Waals surface area contributed by atoms with Crippen molar-refractivity contribution in [2.45, 2.75) is 118 Å². The van der Waals surface area contributed by atoms with Gasteiger partial charge in [0.05, 0.1) is 0 Å². The molecule has 0 saturated heterocycles. The smallest absolute Gasteiger partial charge is 0 e. The van der Waals surface area contributed by atoms with E-state index in [1.54, 1.807) is 4.40 Å². The second kappa shape index (κ2) is 16.8. The molecular formula is C47H59GeIrN2O3-. The van der Waals surface area contributed by atoms with Crippen LogP contribution in [0.3, 0.4) is 0 Å². The molecule has 2 heterocycles. The van der Waals surface area contributed by atoms with Gasteiger partial charge in [0.25, 0.3) is 0 Å². The molecule has 54 heavy (non-hydrogen) atoms. The minimum atomic E-state index is -2.12. The molecule has 6 aromatic rings. The van der Waals surface area contributed by atoms with Crippen LogP contribution in [0.4, 0.5) is 0 Å². The molecule has 0 amide bonds. The summed E-state index contributed by atoms with van der Waals surface area (Å²) in [6, 6.07) is 22.5. The summed E-state index contributed by atoms with van der Waals surface area (Å²) in [6.07, 6.45) is 4.75. The van der Waals surface area contributed by atoms with E-state index in [1.807, 2.05) is 59.7 Å². The first kappa shape index (κ1) is 43.4. The molecule has 0 bridgehead atoms. The van der Waals surface area contributed by atoms with Gasteiger partial charge < -0.3 is 5.11 Å². The molecular weight excluding hydrogens is 905 g/mol. The summed E-state index contributed by atoms with van der Waals surface area (Å²) in [4.78, 5) is 22.5. The zero-order valence-electron chi connectivity index (χ0n) is 34.7. The van der Waals surface area contributed by atoms with Gasteiger partial charge in [0.2, 0.25) is 0 Å². The Morgan fingerprint density at radius 3 is 2.11 bits per heavy atom. The van der Waals surface area contributed by atoms with Crippen LogP contribution < -0.4 is 4.40 Å². The maximum atomic E-state index is 12.2. The van der Waals surface area contributed by atoms with Crippen LogP contribution in [-0.4, -0.2) is 34.1 Å². The van der Waals surface area contributed by atoms with Gasteiger partial charge in [0.15, 0.2) is 5.78 Å². The van der Waals surface area contributed by atoms with Crippen LogP contribution >= 0.6 is 0 Å². The molecule has 2 aromatic heterocycles. The van der Waals surface area contributed by atoms with Crippen molar-refractivity contribution in [3.8, 4) is 11.3 Å². The Morgan fingerprint density at radius 2 is 1.52 bits per heavy atom. The second-order valence-corrected chi connectivity index (χ2v) is 27.2. The third-order valence-electron chi connectivity index (χ3n) is 11.9. The summed E-state index contributed by atoms with van der Waals surface area (Å²) < 4.78 is 7.97. The van der Waals surface area contributed by atoms with E-state index in [-0.39, 0.29) is 48.4 Å². The second-order valence-electron chi connectivity index (χ2n) is 16.7. The van der Waals surface area contributed by atoms with Crippen LogP contribution in [0.1, 0.15) is 104 Å². The number of para-hydroxylation sites is 1. The number of hydrogen-bond acceptors (Lipinski definition) is 5. The number of benzene rings is 4. The van der Waals surface area contributed by atoms with Gasteiger partial charge in [0, 0.05) is 37.0 Å². The minimum Gasteiger partial charge on any atom is 0 e. The van der Waals surface area contributed by atoms with Gasteiger partial charge in [-0.25, -0.2) is 0 Å². The van der Waals surface area contributed by atoms with Crippen molar-refractivity contribution in [1.82, 2.24) is 9.97 Å². The molecule has 0 aliphatic rings. The van der Waals surface area contributed by atoms with Gasteiger partial charge in [-0.2, -0.15) is 0 Å². The van der Waals surface area contributed by atoms with Gasteiger partial charge in [-0.3, -0.25) is 4.79 Å². The number of aryl methyl sites for hydroxylation is 2. The number of aliphatic hydroxyl groups is 1. The molecule has 1 N–H and O–H groups in total. The van der Waals surface area contributed by atoms with Crippen LogP contribution in [0.5, 0.6) is 0 Å². The van der Waals surface area contributed by atoms with E-state index in [1.165, 1.54) is 28.0 Å². The Balaban J connectivity index is 0.000000309.